The Morgan fingerprint density at radius 1 is 1.24 bits per heavy atom. The highest BCUT2D eigenvalue weighted by atomic mass is 28.4. The number of nitrogens with zero attached hydrogens (tertiary/aromatic N) is 4. The number of carbonyl (C=O) groups excluding carboxylic acids is 1. The van der Waals surface area contributed by atoms with Crippen LogP contribution in [-0.2, 0) is 9.16 Å². The summed E-state index contributed by atoms with van der Waals surface area (Å²) in [4.78, 5) is 25.2. The molecule has 1 amide bonds. The maximum Gasteiger partial charge on any atom is 0.256 e. The SMILES string of the molecule is CC(C)(C)[Si](C)(C)OC[C@H]1O[C@@H](n2cnc3c(NC(=O)c4ccccc4)ncnc32)[C@H](F)[C@@H]1O. The smallest absolute Gasteiger partial charge is 0.256 e. The van der Waals surface area contributed by atoms with Crippen molar-refractivity contribution in [2.75, 3.05) is 11.9 Å². The molecule has 2 N–H and O–H groups in total. The number of rotatable bonds is 6. The first-order valence-corrected chi connectivity index (χ1v) is 14.1. The van der Waals surface area contributed by atoms with Crippen LogP contribution in [-0.4, -0.2) is 63.8 Å². The van der Waals surface area contributed by atoms with Crippen molar-refractivity contribution in [3.8, 4) is 0 Å². The summed E-state index contributed by atoms with van der Waals surface area (Å²) in [5.41, 5.74) is 1.03. The van der Waals surface area contributed by atoms with E-state index in [0.717, 1.165) is 0 Å². The molecule has 0 unspecified atom stereocenters. The molecular weight excluding hydrogens is 457 g/mol. The van der Waals surface area contributed by atoms with Crippen LogP contribution in [0.25, 0.3) is 11.2 Å². The van der Waals surface area contributed by atoms with Gasteiger partial charge in [-0.1, -0.05) is 39.0 Å². The summed E-state index contributed by atoms with van der Waals surface area (Å²) < 4.78 is 28.6. The van der Waals surface area contributed by atoms with Gasteiger partial charge in [-0.15, -0.1) is 0 Å². The molecule has 182 valence electrons. The van der Waals surface area contributed by atoms with E-state index < -0.39 is 32.9 Å². The van der Waals surface area contributed by atoms with Crippen molar-refractivity contribution in [1.82, 2.24) is 19.5 Å². The van der Waals surface area contributed by atoms with Crippen LogP contribution in [0.2, 0.25) is 18.1 Å². The number of carbonyl (C=O) groups is 1. The fourth-order valence-electron chi connectivity index (χ4n) is 3.47. The van der Waals surface area contributed by atoms with E-state index in [1.807, 2.05) is 6.07 Å². The number of aliphatic hydroxyl groups is 1. The van der Waals surface area contributed by atoms with Crippen LogP contribution >= 0.6 is 0 Å². The number of hydrogen-bond donors (Lipinski definition) is 2. The monoisotopic (exact) mass is 487 g/mol. The third kappa shape index (κ3) is 4.60. The van der Waals surface area contributed by atoms with E-state index >= 15 is 4.39 Å². The van der Waals surface area contributed by atoms with Crippen LogP contribution in [0.15, 0.2) is 43.0 Å². The minimum Gasteiger partial charge on any atom is -0.414 e. The van der Waals surface area contributed by atoms with Gasteiger partial charge in [-0.3, -0.25) is 9.36 Å². The maximum absolute atomic E-state index is 15.1. The highest BCUT2D eigenvalue weighted by Crippen LogP contribution is 2.39. The zero-order valence-electron chi connectivity index (χ0n) is 19.9. The van der Waals surface area contributed by atoms with Crippen LogP contribution < -0.4 is 5.32 Å². The first-order valence-electron chi connectivity index (χ1n) is 11.1. The third-order valence-corrected chi connectivity index (χ3v) is 11.1. The fourth-order valence-corrected chi connectivity index (χ4v) is 4.49. The molecule has 9 nitrogen and oxygen atoms in total. The minimum absolute atomic E-state index is 0.0247. The first kappa shape index (κ1) is 24.4. The zero-order chi connectivity index (χ0) is 24.7. The Kier molecular flexibility index (Phi) is 6.56. The summed E-state index contributed by atoms with van der Waals surface area (Å²) in [6.07, 6.45) is -2.39. The predicted molar refractivity (Wildman–Crippen MR) is 128 cm³/mol. The van der Waals surface area contributed by atoms with Crippen LogP contribution in [0.1, 0.15) is 37.4 Å². The van der Waals surface area contributed by atoms with Crippen molar-refractivity contribution in [2.45, 2.75) is 63.5 Å². The van der Waals surface area contributed by atoms with E-state index in [2.05, 4.69) is 54.1 Å². The van der Waals surface area contributed by atoms with E-state index in [1.165, 1.54) is 17.2 Å². The number of amides is 1. The molecule has 0 radical (unpaired) electrons. The van der Waals surface area contributed by atoms with Gasteiger partial charge >= 0.3 is 0 Å². The van der Waals surface area contributed by atoms with Gasteiger partial charge in [0.2, 0.25) is 0 Å². The fraction of sp³-hybridized carbons (Fsp3) is 0.478. The quantitative estimate of drug-likeness (QED) is 0.510. The van der Waals surface area contributed by atoms with Crippen molar-refractivity contribution >= 4 is 31.2 Å². The maximum atomic E-state index is 15.1. The summed E-state index contributed by atoms with van der Waals surface area (Å²) >= 11 is 0. The Bertz CT molecular complexity index is 1170. The molecule has 34 heavy (non-hydrogen) atoms. The molecule has 1 saturated heterocycles. The van der Waals surface area contributed by atoms with E-state index in [1.54, 1.807) is 24.3 Å². The molecular formula is C23H30FN5O4Si. The van der Waals surface area contributed by atoms with Gasteiger partial charge in [-0.2, -0.15) is 0 Å². The number of aromatic nitrogens is 4. The largest absolute Gasteiger partial charge is 0.414 e. The second-order valence-electron chi connectivity index (χ2n) is 9.94. The van der Waals surface area contributed by atoms with Gasteiger partial charge in [-0.05, 0) is 30.3 Å². The molecule has 0 bridgehead atoms. The van der Waals surface area contributed by atoms with Gasteiger partial charge in [0.1, 0.15) is 18.5 Å². The summed E-state index contributed by atoms with van der Waals surface area (Å²) in [7, 11) is -2.10. The molecule has 0 aliphatic carbocycles. The number of fused-ring (bicyclic) bond motifs is 1. The Morgan fingerprint density at radius 2 is 1.94 bits per heavy atom. The molecule has 4 atom stereocenters. The highest BCUT2D eigenvalue weighted by molar-refractivity contribution is 6.74. The van der Waals surface area contributed by atoms with Crippen molar-refractivity contribution in [3.05, 3.63) is 48.5 Å². The molecule has 0 saturated carbocycles. The molecule has 1 fully saturated rings. The number of ether oxygens (including phenoxy) is 1. The summed E-state index contributed by atoms with van der Waals surface area (Å²) in [6, 6.07) is 8.69. The lowest BCUT2D eigenvalue weighted by Gasteiger charge is -2.37. The second-order valence-corrected chi connectivity index (χ2v) is 14.7. The van der Waals surface area contributed by atoms with E-state index in [-0.39, 0.29) is 34.5 Å². The molecule has 11 heteroatoms. The zero-order valence-corrected chi connectivity index (χ0v) is 20.9. The molecule has 3 heterocycles. The molecule has 1 aliphatic rings. The summed E-state index contributed by atoms with van der Waals surface area (Å²) in [5, 5.41) is 13.2. The van der Waals surface area contributed by atoms with Crippen LogP contribution in [0.5, 0.6) is 0 Å². The van der Waals surface area contributed by atoms with E-state index in [0.29, 0.717) is 5.56 Å². The van der Waals surface area contributed by atoms with Gasteiger partial charge in [0.25, 0.3) is 5.91 Å². The number of imidazole rings is 1. The van der Waals surface area contributed by atoms with Crippen molar-refractivity contribution in [2.24, 2.45) is 0 Å². The average molecular weight is 488 g/mol. The van der Waals surface area contributed by atoms with Gasteiger partial charge in [-0.25, -0.2) is 19.3 Å². The van der Waals surface area contributed by atoms with E-state index in [4.69, 9.17) is 9.16 Å². The lowest BCUT2D eigenvalue weighted by Crippen LogP contribution is -2.44. The van der Waals surface area contributed by atoms with E-state index in [9.17, 15) is 9.90 Å². The van der Waals surface area contributed by atoms with Crippen molar-refractivity contribution in [1.29, 1.82) is 0 Å². The molecule has 4 rings (SSSR count). The second kappa shape index (κ2) is 9.14. The molecule has 1 aliphatic heterocycles. The number of alkyl halides is 1. The molecule has 2 aromatic heterocycles. The van der Waals surface area contributed by atoms with Crippen LogP contribution in [0, 0.1) is 0 Å². The first-order chi connectivity index (χ1) is 16.0. The van der Waals surface area contributed by atoms with Crippen LogP contribution in [0.3, 0.4) is 0 Å². The lowest BCUT2D eigenvalue weighted by atomic mass is 10.1. The number of halogens is 1. The number of benzene rings is 1. The Balaban J connectivity index is 1.54. The van der Waals surface area contributed by atoms with Gasteiger partial charge < -0.3 is 19.6 Å². The Hall–Kier alpha value is -2.73. The van der Waals surface area contributed by atoms with Gasteiger partial charge in [0, 0.05) is 5.56 Å². The Morgan fingerprint density at radius 3 is 2.62 bits per heavy atom. The van der Waals surface area contributed by atoms with Gasteiger partial charge in [0.05, 0.1) is 12.9 Å². The summed E-state index contributed by atoms with van der Waals surface area (Å²) in [5.74, 6) is -0.154. The number of hydrogen-bond acceptors (Lipinski definition) is 7. The molecule has 0 spiro atoms. The molecule has 1 aromatic carbocycles. The highest BCUT2D eigenvalue weighted by Gasteiger charge is 2.47. The van der Waals surface area contributed by atoms with Crippen LogP contribution in [0.4, 0.5) is 10.2 Å². The standard InChI is InChI=1S/C23H30FN5O4Si/c1-23(2,3)34(4,5)32-11-15-18(30)16(24)22(33-15)29-13-27-17-19(25-12-26-20(17)29)28-21(31)14-9-7-6-8-10-14/h6-10,12-13,15-16,18,22,30H,11H2,1-5H3,(H,25,26,28,31)/t15-,16-,18-,22-/m1/s1. The molecule has 3 aromatic rings. The topological polar surface area (TPSA) is 111 Å². The van der Waals surface area contributed by atoms with Gasteiger partial charge in [0.15, 0.2) is 37.7 Å². The lowest BCUT2D eigenvalue weighted by molar-refractivity contribution is -0.0434. The van der Waals surface area contributed by atoms with Crippen molar-refractivity contribution < 1.29 is 23.5 Å². The average Bonchev–Trinajstić information content (AvgIpc) is 3.34. The number of anilines is 1. The Labute approximate surface area is 198 Å². The number of nitrogens with one attached hydrogen (secondary N) is 1. The van der Waals surface area contributed by atoms with Crippen molar-refractivity contribution in [3.63, 3.8) is 0 Å². The normalized spacial score (nSPS) is 23.4. The number of aliphatic hydroxyl groups excluding tert-OH is 1. The predicted octanol–water partition coefficient (Wildman–Crippen LogP) is 3.70. The minimum atomic E-state index is -2.10. The summed E-state index contributed by atoms with van der Waals surface area (Å²) in [6.45, 7) is 10.6. The third-order valence-electron chi connectivity index (χ3n) is 6.61.